The first-order valence-electron chi connectivity index (χ1n) is 7.77. The normalized spacial score (nSPS) is 32.5. The number of thioether (sulfide) groups is 1. The number of hydrogen-bond donors (Lipinski definition) is 0. The largest absolute Gasteiger partial charge is 0.367 e. The lowest BCUT2D eigenvalue weighted by atomic mass is 9.80. The van der Waals surface area contributed by atoms with Crippen molar-refractivity contribution in [1.82, 2.24) is 9.80 Å². The molecule has 0 N–H and O–H groups in total. The zero-order valence-electron chi connectivity index (χ0n) is 13.1. The molecule has 1 spiro atoms. The van der Waals surface area contributed by atoms with E-state index in [1.807, 2.05) is 16.7 Å². The minimum atomic E-state index is -0.781. The lowest BCUT2D eigenvalue weighted by Crippen LogP contribution is -2.62. The molecule has 2 amide bonds. The van der Waals surface area contributed by atoms with Gasteiger partial charge in [-0.1, -0.05) is 0 Å². The van der Waals surface area contributed by atoms with Gasteiger partial charge in [0, 0.05) is 38.9 Å². The molecule has 0 aromatic carbocycles. The van der Waals surface area contributed by atoms with Gasteiger partial charge in [-0.2, -0.15) is 0 Å². The van der Waals surface area contributed by atoms with Crippen LogP contribution in [0, 0.1) is 5.92 Å². The van der Waals surface area contributed by atoms with Crippen LogP contribution in [0.25, 0.3) is 0 Å². The second kappa shape index (κ2) is 6.00. The summed E-state index contributed by atoms with van der Waals surface area (Å²) in [5.41, 5.74) is 0. The third-order valence-corrected chi connectivity index (χ3v) is 6.39. The minimum absolute atomic E-state index is 0.0258. The molecule has 0 aromatic rings. The van der Waals surface area contributed by atoms with E-state index in [-0.39, 0.29) is 35.2 Å². The van der Waals surface area contributed by atoms with E-state index in [2.05, 4.69) is 0 Å². The molecule has 22 heavy (non-hydrogen) atoms. The molecule has 3 fully saturated rings. The number of ether oxygens (including phenoxy) is 1. The van der Waals surface area contributed by atoms with Crippen LogP contribution < -0.4 is 0 Å². The predicted molar refractivity (Wildman–Crippen MR) is 82.4 cm³/mol. The van der Waals surface area contributed by atoms with Gasteiger partial charge in [0.25, 0.3) is 0 Å². The second-order valence-electron chi connectivity index (χ2n) is 6.88. The summed E-state index contributed by atoms with van der Waals surface area (Å²) in [6, 6.07) is 0. The number of likely N-dealkylation sites (tertiary alicyclic amines) is 1. The van der Waals surface area contributed by atoms with Crippen LogP contribution in [0.4, 0.5) is 4.39 Å². The Kier molecular flexibility index (Phi) is 4.38. The Balaban J connectivity index is 1.40. The van der Waals surface area contributed by atoms with E-state index in [0.29, 0.717) is 12.8 Å². The molecule has 2 heterocycles. The van der Waals surface area contributed by atoms with Crippen LogP contribution in [0.5, 0.6) is 0 Å². The summed E-state index contributed by atoms with van der Waals surface area (Å²) in [5.74, 6) is 0.872. The first-order chi connectivity index (χ1) is 10.4. The molecule has 1 saturated carbocycles. The molecule has 1 atom stereocenters. The van der Waals surface area contributed by atoms with Gasteiger partial charge in [0.05, 0.1) is 10.9 Å². The molecule has 5 nitrogen and oxygen atoms in total. The maximum Gasteiger partial charge on any atom is 0.248 e. The fraction of sp³-hybridized carbons (Fsp3) is 0.867. The van der Waals surface area contributed by atoms with Crippen LogP contribution in [0.2, 0.25) is 0 Å². The maximum atomic E-state index is 12.8. The van der Waals surface area contributed by atoms with E-state index < -0.39 is 6.17 Å². The SMILES string of the molecule is CN(C)C(=O)CO[C@@H]1CSC2(C1)CN(C(=O)C1CC(F)C1)C2. The number of nitrogens with zero attached hydrogens (tertiary/aromatic N) is 2. The van der Waals surface area contributed by atoms with Gasteiger partial charge in [-0.3, -0.25) is 9.59 Å². The van der Waals surface area contributed by atoms with E-state index in [1.165, 1.54) is 4.90 Å². The van der Waals surface area contributed by atoms with Crippen molar-refractivity contribution < 1.29 is 18.7 Å². The Bertz CT molecular complexity index is 462. The molecule has 124 valence electrons. The average molecular weight is 330 g/mol. The highest BCUT2D eigenvalue weighted by molar-refractivity contribution is 8.01. The van der Waals surface area contributed by atoms with Crippen molar-refractivity contribution in [2.45, 2.75) is 36.3 Å². The number of hydrogen-bond acceptors (Lipinski definition) is 4. The predicted octanol–water partition coefficient (Wildman–Crippen LogP) is 0.926. The molecule has 3 rings (SSSR count). The van der Waals surface area contributed by atoms with Crippen molar-refractivity contribution in [3.05, 3.63) is 0 Å². The van der Waals surface area contributed by atoms with Gasteiger partial charge in [0.1, 0.15) is 12.8 Å². The average Bonchev–Trinajstić information content (AvgIpc) is 2.83. The van der Waals surface area contributed by atoms with Gasteiger partial charge < -0.3 is 14.5 Å². The van der Waals surface area contributed by atoms with Crippen LogP contribution >= 0.6 is 11.8 Å². The van der Waals surface area contributed by atoms with E-state index >= 15 is 0 Å². The van der Waals surface area contributed by atoms with Crippen LogP contribution in [-0.2, 0) is 14.3 Å². The second-order valence-corrected chi connectivity index (χ2v) is 8.37. The van der Waals surface area contributed by atoms with E-state index in [1.54, 1.807) is 14.1 Å². The summed E-state index contributed by atoms with van der Waals surface area (Å²) in [6.07, 6.45) is 0.988. The first-order valence-corrected chi connectivity index (χ1v) is 8.76. The number of carbonyl (C=O) groups is 2. The zero-order valence-corrected chi connectivity index (χ0v) is 13.9. The summed E-state index contributed by atoms with van der Waals surface area (Å²) in [6.45, 7) is 1.60. The standard InChI is InChI=1S/C15H23FN2O3S/c1-17(2)13(19)6-21-12-5-15(22-7-12)8-18(9-15)14(20)10-3-11(16)4-10/h10-12H,3-9H2,1-2H3/t10?,11?,12-/m0/s1. The fourth-order valence-corrected chi connectivity index (χ4v) is 4.81. The van der Waals surface area contributed by atoms with Gasteiger partial charge in [-0.15, -0.1) is 11.8 Å². The molecule has 0 bridgehead atoms. The third kappa shape index (κ3) is 3.11. The molecule has 0 aromatic heterocycles. The summed E-state index contributed by atoms with van der Waals surface area (Å²) < 4.78 is 18.6. The Labute approximate surface area is 134 Å². The molecule has 2 aliphatic heterocycles. The molecule has 0 unspecified atom stereocenters. The third-order valence-electron chi connectivity index (χ3n) is 4.82. The first kappa shape index (κ1) is 16.1. The van der Waals surface area contributed by atoms with Crippen molar-refractivity contribution in [1.29, 1.82) is 0 Å². The summed E-state index contributed by atoms with van der Waals surface area (Å²) in [7, 11) is 3.43. The van der Waals surface area contributed by atoms with Crippen LogP contribution in [0.15, 0.2) is 0 Å². The molecular weight excluding hydrogens is 307 g/mol. The molecule has 0 radical (unpaired) electrons. The van der Waals surface area contributed by atoms with E-state index in [9.17, 15) is 14.0 Å². The van der Waals surface area contributed by atoms with E-state index in [0.717, 1.165) is 25.3 Å². The zero-order chi connectivity index (χ0) is 15.9. The minimum Gasteiger partial charge on any atom is -0.367 e. The summed E-state index contributed by atoms with van der Waals surface area (Å²) >= 11 is 1.84. The summed E-state index contributed by atoms with van der Waals surface area (Å²) in [5, 5.41) is 0. The summed E-state index contributed by atoms with van der Waals surface area (Å²) in [4.78, 5) is 27.1. The number of halogens is 1. The van der Waals surface area contributed by atoms with Crippen molar-refractivity contribution in [2.75, 3.05) is 39.5 Å². The monoisotopic (exact) mass is 330 g/mol. The number of amides is 2. The maximum absolute atomic E-state index is 12.8. The highest BCUT2D eigenvalue weighted by Gasteiger charge is 2.52. The quantitative estimate of drug-likeness (QED) is 0.769. The molecule has 3 aliphatic rings. The van der Waals surface area contributed by atoms with Gasteiger partial charge in [-0.25, -0.2) is 4.39 Å². The van der Waals surface area contributed by atoms with Crippen molar-refractivity contribution in [3.8, 4) is 0 Å². The lowest BCUT2D eigenvalue weighted by Gasteiger charge is -2.49. The molecular formula is C15H23FN2O3S. The number of rotatable bonds is 4. The Morgan fingerprint density at radius 1 is 1.36 bits per heavy atom. The molecule has 2 saturated heterocycles. The van der Waals surface area contributed by atoms with Crippen LogP contribution in [-0.4, -0.2) is 78.2 Å². The topological polar surface area (TPSA) is 49.9 Å². The van der Waals surface area contributed by atoms with E-state index in [4.69, 9.17) is 4.74 Å². The fourth-order valence-electron chi connectivity index (χ4n) is 3.26. The highest BCUT2D eigenvalue weighted by atomic mass is 32.2. The van der Waals surface area contributed by atoms with Crippen LogP contribution in [0.3, 0.4) is 0 Å². The number of carbonyl (C=O) groups excluding carboxylic acids is 2. The van der Waals surface area contributed by atoms with Crippen molar-refractivity contribution >= 4 is 23.6 Å². The van der Waals surface area contributed by atoms with Crippen molar-refractivity contribution in [2.24, 2.45) is 5.92 Å². The Hall–Kier alpha value is -0.820. The van der Waals surface area contributed by atoms with Gasteiger partial charge in [0.15, 0.2) is 0 Å². The molecule has 7 heteroatoms. The smallest absolute Gasteiger partial charge is 0.248 e. The van der Waals surface area contributed by atoms with Gasteiger partial charge in [0.2, 0.25) is 11.8 Å². The Morgan fingerprint density at radius 2 is 2.05 bits per heavy atom. The number of likely N-dealkylation sites (N-methyl/N-ethyl adjacent to an activating group) is 1. The Morgan fingerprint density at radius 3 is 2.64 bits per heavy atom. The lowest BCUT2D eigenvalue weighted by molar-refractivity contribution is -0.146. The van der Waals surface area contributed by atoms with Gasteiger partial charge in [-0.05, 0) is 19.3 Å². The number of alkyl halides is 1. The van der Waals surface area contributed by atoms with Crippen molar-refractivity contribution in [3.63, 3.8) is 0 Å². The van der Waals surface area contributed by atoms with Gasteiger partial charge >= 0.3 is 0 Å². The highest BCUT2D eigenvalue weighted by Crippen LogP contribution is 2.47. The van der Waals surface area contributed by atoms with Crippen LogP contribution in [0.1, 0.15) is 19.3 Å². The molecule has 1 aliphatic carbocycles.